The molecule has 14 heavy (non-hydrogen) atoms. The molecule has 0 aliphatic rings. The van der Waals surface area contributed by atoms with Crippen LogP contribution in [0.1, 0.15) is 12.5 Å². The van der Waals surface area contributed by atoms with Crippen LogP contribution in [-0.4, -0.2) is 14.5 Å². The molecule has 0 aliphatic carbocycles. The highest BCUT2D eigenvalue weighted by Crippen LogP contribution is 2.09. The fourth-order valence-corrected chi connectivity index (χ4v) is 1.70. The summed E-state index contributed by atoms with van der Waals surface area (Å²) in [6, 6.07) is 6.50. The first-order chi connectivity index (χ1) is 6.39. The molecule has 0 radical (unpaired) electrons. The van der Waals surface area contributed by atoms with Gasteiger partial charge in [-0.1, -0.05) is 12.1 Å². The van der Waals surface area contributed by atoms with Crippen molar-refractivity contribution in [2.75, 3.05) is 0 Å². The highest BCUT2D eigenvalue weighted by molar-refractivity contribution is 7.89. The summed E-state index contributed by atoms with van der Waals surface area (Å²) < 4.78 is 21.8. The van der Waals surface area contributed by atoms with E-state index < -0.39 is 10.0 Å². The third-order valence-corrected chi connectivity index (χ3v) is 2.74. The molecule has 0 bridgehead atoms. The maximum Gasteiger partial charge on any atom is 0.238 e. The Morgan fingerprint density at radius 1 is 1.29 bits per heavy atom. The van der Waals surface area contributed by atoms with E-state index in [2.05, 4.69) is 0 Å². The molecule has 78 valence electrons. The molecule has 0 fully saturated rings. The maximum atomic E-state index is 10.9. The molecule has 0 spiro atoms. The van der Waals surface area contributed by atoms with Crippen LogP contribution in [0.15, 0.2) is 29.2 Å². The van der Waals surface area contributed by atoms with Gasteiger partial charge in [0.2, 0.25) is 10.0 Å². The van der Waals surface area contributed by atoms with Gasteiger partial charge in [0.1, 0.15) is 0 Å². The predicted molar refractivity (Wildman–Crippen MR) is 55.2 cm³/mol. The first-order valence-electron chi connectivity index (χ1n) is 4.27. The minimum absolute atomic E-state index is 0.0651. The molecule has 0 amide bonds. The van der Waals surface area contributed by atoms with Gasteiger partial charge in [0, 0.05) is 6.04 Å². The van der Waals surface area contributed by atoms with Crippen LogP contribution in [0.3, 0.4) is 0 Å². The average molecular weight is 214 g/mol. The molecule has 0 saturated carbocycles. The Morgan fingerprint density at radius 2 is 1.79 bits per heavy atom. The fraction of sp³-hybridized carbons (Fsp3) is 0.333. The van der Waals surface area contributed by atoms with Crippen LogP contribution in [0, 0.1) is 0 Å². The predicted octanol–water partition coefficient (Wildman–Crippen LogP) is 0.224. The summed E-state index contributed by atoms with van der Waals surface area (Å²) in [4.78, 5) is 0.130. The summed E-state index contributed by atoms with van der Waals surface area (Å²) in [5.74, 6) is 0. The van der Waals surface area contributed by atoms with Gasteiger partial charge >= 0.3 is 0 Å². The van der Waals surface area contributed by atoms with Gasteiger partial charge in [-0.3, -0.25) is 0 Å². The average Bonchev–Trinajstić information content (AvgIpc) is 2.02. The summed E-state index contributed by atoms with van der Waals surface area (Å²) in [5, 5.41) is 4.96. The molecule has 1 aromatic carbocycles. The lowest BCUT2D eigenvalue weighted by molar-refractivity contribution is 0.597. The number of primary sulfonamides is 1. The van der Waals surface area contributed by atoms with Gasteiger partial charge in [-0.15, -0.1) is 0 Å². The monoisotopic (exact) mass is 214 g/mol. The molecule has 0 saturated heterocycles. The number of hydrogen-bond donors (Lipinski definition) is 2. The van der Waals surface area contributed by atoms with Crippen molar-refractivity contribution in [2.24, 2.45) is 10.9 Å². The van der Waals surface area contributed by atoms with Crippen molar-refractivity contribution in [3.8, 4) is 0 Å². The molecule has 4 nitrogen and oxygen atoms in total. The van der Waals surface area contributed by atoms with E-state index >= 15 is 0 Å². The van der Waals surface area contributed by atoms with Crippen molar-refractivity contribution >= 4 is 10.0 Å². The van der Waals surface area contributed by atoms with Crippen LogP contribution in [0.2, 0.25) is 0 Å². The van der Waals surface area contributed by atoms with E-state index in [9.17, 15) is 8.42 Å². The zero-order valence-corrected chi connectivity index (χ0v) is 8.79. The zero-order valence-electron chi connectivity index (χ0n) is 7.97. The summed E-state index contributed by atoms with van der Waals surface area (Å²) in [7, 11) is -3.58. The summed E-state index contributed by atoms with van der Waals surface area (Å²) in [5.41, 5.74) is 6.61. The van der Waals surface area contributed by atoms with Gasteiger partial charge in [0.05, 0.1) is 4.90 Å². The molecule has 0 unspecified atom stereocenters. The first kappa shape index (κ1) is 11.2. The Labute approximate surface area is 84.0 Å². The van der Waals surface area contributed by atoms with E-state index in [1.54, 1.807) is 12.1 Å². The largest absolute Gasteiger partial charge is 0.328 e. The first-order valence-corrected chi connectivity index (χ1v) is 5.81. The second-order valence-corrected chi connectivity index (χ2v) is 4.93. The van der Waals surface area contributed by atoms with Crippen LogP contribution < -0.4 is 10.9 Å². The number of hydrogen-bond acceptors (Lipinski definition) is 3. The van der Waals surface area contributed by atoms with Crippen molar-refractivity contribution in [3.05, 3.63) is 29.8 Å². The number of rotatable bonds is 3. The maximum absolute atomic E-state index is 10.9. The quantitative estimate of drug-likeness (QED) is 0.754. The van der Waals surface area contributed by atoms with Crippen molar-refractivity contribution in [2.45, 2.75) is 24.3 Å². The number of nitrogens with two attached hydrogens (primary N) is 2. The van der Waals surface area contributed by atoms with Crippen LogP contribution in [0.5, 0.6) is 0 Å². The molecule has 1 aromatic rings. The van der Waals surface area contributed by atoms with E-state index in [0.717, 1.165) is 12.0 Å². The normalized spacial score (nSPS) is 13.9. The van der Waals surface area contributed by atoms with Crippen molar-refractivity contribution in [1.82, 2.24) is 0 Å². The highest BCUT2D eigenvalue weighted by Gasteiger charge is 2.06. The van der Waals surface area contributed by atoms with Crippen LogP contribution in [0.4, 0.5) is 0 Å². The van der Waals surface area contributed by atoms with Crippen molar-refractivity contribution in [3.63, 3.8) is 0 Å². The van der Waals surface area contributed by atoms with E-state index in [0.29, 0.717) is 0 Å². The Hall–Kier alpha value is -0.910. The number of sulfonamides is 1. The van der Waals surface area contributed by atoms with Crippen LogP contribution >= 0.6 is 0 Å². The smallest absolute Gasteiger partial charge is 0.238 e. The summed E-state index contributed by atoms with van der Waals surface area (Å²) >= 11 is 0. The van der Waals surface area contributed by atoms with Gasteiger partial charge in [0.15, 0.2) is 0 Å². The second kappa shape index (κ2) is 4.08. The second-order valence-electron chi connectivity index (χ2n) is 3.37. The van der Waals surface area contributed by atoms with E-state index in [4.69, 9.17) is 10.9 Å². The molecule has 0 aromatic heterocycles. The topological polar surface area (TPSA) is 86.2 Å². The van der Waals surface area contributed by atoms with Gasteiger partial charge in [0.25, 0.3) is 0 Å². The van der Waals surface area contributed by atoms with Crippen LogP contribution in [0.25, 0.3) is 0 Å². The molecule has 5 heteroatoms. The third kappa shape index (κ3) is 3.10. The van der Waals surface area contributed by atoms with Gasteiger partial charge in [-0.05, 0) is 31.0 Å². The standard InChI is InChI=1S/C9H14N2O2S/c1-7(10)6-8-2-4-9(5-3-8)14(11,12)13/h2-5,7H,6,10H2,1H3,(H2,11,12,13)/t7-/m0/s1. The van der Waals surface area contributed by atoms with E-state index in [1.165, 1.54) is 12.1 Å². The molecular weight excluding hydrogens is 200 g/mol. The minimum atomic E-state index is -3.58. The fourth-order valence-electron chi connectivity index (χ4n) is 1.19. The van der Waals surface area contributed by atoms with Crippen LogP contribution in [-0.2, 0) is 16.4 Å². The number of benzene rings is 1. The SMILES string of the molecule is C[C@H](N)Cc1ccc(S(N)(=O)=O)cc1. The Bertz CT molecular complexity index is 395. The Morgan fingerprint density at radius 3 is 2.14 bits per heavy atom. The van der Waals surface area contributed by atoms with E-state index in [1.807, 2.05) is 6.92 Å². The highest BCUT2D eigenvalue weighted by atomic mass is 32.2. The molecule has 4 N–H and O–H groups in total. The zero-order chi connectivity index (χ0) is 10.8. The third-order valence-electron chi connectivity index (χ3n) is 1.81. The molecule has 1 rings (SSSR count). The Balaban J connectivity index is 2.90. The van der Waals surface area contributed by atoms with Crippen molar-refractivity contribution < 1.29 is 8.42 Å². The summed E-state index contributed by atoms with van der Waals surface area (Å²) in [6.45, 7) is 1.90. The lowest BCUT2D eigenvalue weighted by Crippen LogP contribution is -2.18. The Kier molecular flexibility index (Phi) is 3.25. The molecular formula is C9H14N2O2S. The lowest BCUT2D eigenvalue weighted by Gasteiger charge is -2.05. The van der Waals surface area contributed by atoms with Gasteiger partial charge in [-0.25, -0.2) is 13.6 Å². The summed E-state index contributed by atoms with van der Waals surface area (Å²) in [6.07, 6.45) is 0.727. The van der Waals surface area contributed by atoms with Gasteiger partial charge in [-0.2, -0.15) is 0 Å². The van der Waals surface area contributed by atoms with Crippen molar-refractivity contribution in [1.29, 1.82) is 0 Å². The minimum Gasteiger partial charge on any atom is -0.328 e. The molecule has 0 aliphatic heterocycles. The van der Waals surface area contributed by atoms with Gasteiger partial charge < -0.3 is 5.73 Å². The molecule has 1 atom stereocenters. The lowest BCUT2D eigenvalue weighted by atomic mass is 10.1. The molecule has 0 heterocycles. The van der Waals surface area contributed by atoms with E-state index in [-0.39, 0.29) is 10.9 Å².